The minimum absolute atomic E-state index is 0.105. The summed E-state index contributed by atoms with van der Waals surface area (Å²) in [4.78, 5) is 0. The average Bonchev–Trinajstić information content (AvgIpc) is 3.27. The molecule has 1 heteroatoms. The van der Waals surface area contributed by atoms with Gasteiger partial charge in [0.2, 0.25) is 0 Å². The number of aryl methyl sites for hydroxylation is 1. The zero-order valence-electron chi connectivity index (χ0n) is 28.8. The maximum absolute atomic E-state index is 3.67. The molecule has 2 aliphatic carbocycles. The molecule has 9 rings (SSSR count). The summed E-state index contributed by atoms with van der Waals surface area (Å²) < 4.78 is 0. The summed E-state index contributed by atoms with van der Waals surface area (Å²) in [6.45, 7) is 4.75. The Hall–Kier alpha value is -5.66. The van der Waals surface area contributed by atoms with Gasteiger partial charge in [-0.25, -0.2) is 0 Å². The molecule has 0 spiro atoms. The van der Waals surface area contributed by atoms with E-state index in [4.69, 9.17) is 0 Å². The van der Waals surface area contributed by atoms with Gasteiger partial charge in [-0.3, -0.25) is 0 Å². The lowest BCUT2D eigenvalue weighted by atomic mass is 9.81. The summed E-state index contributed by atoms with van der Waals surface area (Å²) >= 11 is 0. The van der Waals surface area contributed by atoms with Crippen LogP contribution in [0.4, 0.5) is 11.4 Å². The largest absolute Gasteiger partial charge is 0.356 e. The predicted octanol–water partition coefficient (Wildman–Crippen LogP) is 13.0. The van der Waals surface area contributed by atoms with Crippen molar-refractivity contribution in [1.82, 2.24) is 0 Å². The molecule has 1 unspecified atom stereocenters. The van der Waals surface area contributed by atoms with Crippen molar-refractivity contribution in [2.45, 2.75) is 44.4 Å². The lowest BCUT2D eigenvalue weighted by Gasteiger charge is -2.23. The molecule has 0 fully saturated rings. The molecule has 242 valence electrons. The van der Waals surface area contributed by atoms with E-state index >= 15 is 0 Å². The first kappa shape index (κ1) is 30.4. The third-order valence-electron chi connectivity index (χ3n) is 11.2. The third kappa shape index (κ3) is 5.44. The molecule has 7 aromatic rings. The molecule has 1 N–H and O–H groups in total. The molecule has 0 radical (unpaired) electrons. The summed E-state index contributed by atoms with van der Waals surface area (Å²) in [6.07, 6.45) is 3.33. The van der Waals surface area contributed by atoms with E-state index in [0.29, 0.717) is 5.92 Å². The normalized spacial score (nSPS) is 15.3. The van der Waals surface area contributed by atoms with Crippen LogP contribution in [0.15, 0.2) is 164 Å². The molecule has 0 saturated heterocycles. The summed E-state index contributed by atoms with van der Waals surface area (Å²) in [5, 5.41) is 3.67. The van der Waals surface area contributed by atoms with Gasteiger partial charge in [0.05, 0.1) is 0 Å². The van der Waals surface area contributed by atoms with Crippen LogP contribution in [0.25, 0.3) is 44.5 Å². The molecule has 0 aliphatic heterocycles. The summed E-state index contributed by atoms with van der Waals surface area (Å²) in [5.74, 6) is 0.493. The number of anilines is 2. The number of rotatable bonds is 6. The Morgan fingerprint density at radius 1 is 0.500 bits per heavy atom. The number of hydrogen-bond acceptors (Lipinski definition) is 1. The first-order chi connectivity index (χ1) is 24.5. The molecule has 0 saturated carbocycles. The highest BCUT2D eigenvalue weighted by atomic mass is 14.9. The Kier molecular flexibility index (Phi) is 7.50. The number of benzene rings is 7. The number of hydrogen-bond donors (Lipinski definition) is 1. The summed E-state index contributed by atoms with van der Waals surface area (Å²) in [5.41, 5.74) is 19.8. The lowest BCUT2D eigenvalue weighted by molar-refractivity contribution is 0.629. The molecular weight excluding hydrogens is 603 g/mol. The van der Waals surface area contributed by atoms with E-state index in [1.54, 1.807) is 0 Å². The smallest absolute Gasteiger partial charge is 0.0387 e. The number of fused-ring (bicyclic) bond motifs is 6. The topological polar surface area (TPSA) is 12.0 Å². The lowest BCUT2D eigenvalue weighted by Crippen LogP contribution is -2.15. The van der Waals surface area contributed by atoms with Crippen LogP contribution >= 0.6 is 0 Å². The fourth-order valence-electron chi connectivity index (χ4n) is 8.50. The van der Waals surface area contributed by atoms with E-state index in [2.05, 4.69) is 183 Å². The van der Waals surface area contributed by atoms with Crippen LogP contribution in [-0.4, -0.2) is 0 Å². The first-order valence-electron chi connectivity index (χ1n) is 18.0. The fraction of sp³-hybridized carbons (Fsp3) is 0.143. The molecule has 0 amide bonds. The molecule has 0 bridgehead atoms. The maximum Gasteiger partial charge on any atom is 0.0387 e. The molecule has 0 heterocycles. The zero-order valence-corrected chi connectivity index (χ0v) is 28.8. The van der Waals surface area contributed by atoms with Crippen molar-refractivity contribution in [3.63, 3.8) is 0 Å². The van der Waals surface area contributed by atoms with Gasteiger partial charge in [-0.15, -0.1) is 0 Å². The van der Waals surface area contributed by atoms with Crippen LogP contribution in [0.2, 0.25) is 0 Å². The van der Waals surface area contributed by atoms with Crippen molar-refractivity contribution < 1.29 is 0 Å². The van der Waals surface area contributed by atoms with E-state index < -0.39 is 0 Å². The van der Waals surface area contributed by atoms with Gasteiger partial charge in [0.1, 0.15) is 0 Å². The molecule has 0 aromatic heterocycles. The Morgan fingerprint density at radius 3 is 1.96 bits per heavy atom. The van der Waals surface area contributed by atoms with Crippen LogP contribution in [0.3, 0.4) is 0 Å². The monoisotopic (exact) mass is 643 g/mol. The molecule has 1 atom stereocenters. The number of nitrogens with one attached hydrogen (secondary N) is 1. The van der Waals surface area contributed by atoms with Crippen molar-refractivity contribution in [2.24, 2.45) is 0 Å². The van der Waals surface area contributed by atoms with Crippen LogP contribution in [0, 0.1) is 0 Å². The second-order valence-corrected chi connectivity index (χ2v) is 14.6. The van der Waals surface area contributed by atoms with E-state index in [1.165, 1.54) is 78.7 Å². The van der Waals surface area contributed by atoms with E-state index in [0.717, 1.165) is 24.2 Å². The van der Waals surface area contributed by atoms with Gasteiger partial charge in [0.15, 0.2) is 0 Å². The van der Waals surface area contributed by atoms with Crippen molar-refractivity contribution in [1.29, 1.82) is 0 Å². The van der Waals surface area contributed by atoms with Crippen molar-refractivity contribution in [3.05, 3.63) is 192 Å². The fourth-order valence-corrected chi connectivity index (χ4v) is 8.50. The second-order valence-electron chi connectivity index (χ2n) is 14.6. The summed E-state index contributed by atoms with van der Waals surface area (Å²) in [6, 6.07) is 60.6. The van der Waals surface area contributed by atoms with Crippen molar-refractivity contribution in [3.8, 4) is 44.5 Å². The molecule has 7 aromatic carbocycles. The SMILES string of the molecule is CC1(C)c2cc(Nc3ccc(-c4ccccc4)cc3)ccc2-c2ccc(-c3cccc(CC4CCc5ccccc5-c5ccccc54)c3)cc21. The van der Waals surface area contributed by atoms with Gasteiger partial charge < -0.3 is 5.32 Å². The highest BCUT2D eigenvalue weighted by Gasteiger charge is 2.36. The Labute approximate surface area is 296 Å². The van der Waals surface area contributed by atoms with Crippen molar-refractivity contribution >= 4 is 11.4 Å². The van der Waals surface area contributed by atoms with Crippen LogP contribution in [0.5, 0.6) is 0 Å². The first-order valence-corrected chi connectivity index (χ1v) is 18.0. The maximum atomic E-state index is 3.67. The van der Waals surface area contributed by atoms with E-state index in [1.807, 2.05) is 0 Å². The highest BCUT2D eigenvalue weighted by Crippen LogP contribution is 2.50. The molecule has 50 heavy (non-hydrogen) atoms. The van der Waals surface area contributed by atoms with Gasteiger partial charge in [-0.05, 0) is 128 Å². The van der Waals surface area contributed by atoms with Gasteiger partial charge in [0.25, 0.3) is 0 Å². The standard InChI is InChI=1S/C49H41N/c1-49(2)47-31-38(37-15-10-11-33(29-37)30-39-20-19-36-14-6-7-16-42(36)44-18-9-8-17-43(39)44)23-27-45(47)46-28-26-41(32-48(46)49)50-40-24-21-35(22-25-40)34-12-4-3-5-13-34/h3-18,21-29,31-32,39,50H,19-20,30H2,1-2H3. The van der Waals surface area contributed by atoms with Gasteiger partial charge >= 0.3 is 0 Å². The van der Waals surface area contributed by atoms with Gasteiger partial charge in [0, 0.05) is 16.8 Å². The third-order valence-corrected chi connectivity index (χ3v) is 11.2. The van der Waals surface area contributed by atoms with Crippen LogP contribution < -0.4 is 5.32 Å². The predicted molar refractivity (Wildman–Crippen MR) is 211 cm³/mol. The minimum atomic E-state index is -0.105. The zero-order chi connectivity index (χ0) is 33.7. The van der Waals surface area contributed by atoms with Crippen LogP contribution in [0.1, 0.15) is 54.0 Å². The van der Waals surface area contributed by atoms with Crippen molar-refractivity contribution in [2.75, 3.05) is 5.32 Å². The van der Waals surface area contributed by atoms with Gasteiger partial charge in [-0.1, -0.05) is 147 Å². The Balaban J connectivity index is 0.967. The van der Waals surface area contributed by atoms with Gasteiger partial charge in [-0.2, -0.15) is 0 Å². The quantitative estimate of drug-likeness (QED) is 0.190. The molecular formula is C49H41N. The highest BCUT2D eigenvalue weighted by molar-refractivity contribution is 5.85. The molecule has 1 nitrogen and oxygen atoms in total. The Bertz CT molecular complexity index is 2350. The average molecular weight is 644 g/mol. The van der Waals surface area contributed by atoms with E-state index in [9.17, 15) is 0 Å². The Morgan fingerprint density at radius 2 is 1.12 bits per heavy atom. The van der Waals surface area contributed by atoms with E-state index in [-0.39, 0.29) is 5.41 Å². The second kappa shape index (κ2) is 12.3. The summed E-state index contributed by atoms with van der Waals surface area (Å²) in [7, 11) is 0. The molecule has 2 aliphatic rings. The van der Waals surface area contributed by atoms with Crippen LogP contribution in [-0.2, 0) is 18.3 Å². The minimum Gasteiger partial charge on any atom is -0.356 e.